The number of likely N-dealkylation sites (N-methyl/N-ethyl adjacent to an activating group) is 1. The van der Waals surface area contributed by atoms with Gasteiger partial charge in [-0.1, -0.05) is 30.3 Å². The van der Waals surface area contributed by atoms with E-state index in [0.717, 1.165) is 31.7 Å². The lowest BCUT2D eigenvalue weighted by Crippen LogP contribution is -2.51. The van der Waals surface area contributed by atoms with Crippen molar-refractivity contribution in [3.8, 4) is 0 Å². The summed E-state index contributed by atoms with van der Waals surface area (Å²) >= 11 is 0. The average Bonchev–Trinajstić information content (AvgIpc) is 2.53. The van der Waals surface area contributed by atoms with E-state index in [1.165, 1.54) is 0 Å². The van der Waals surface area contributed by atoms with Gasteiger partial charge in [0.2, 0.25) is 5.91 Å². The monoisotopic (exact) mass is 290 g/mol. The van der Waals surface area contributed by atoms with Crippen molar-refractivity contribution in [2.45, 2.75) is 19.0 Å². The van der Waals surface area contributed by atoms with Gasteiger partial charge < -0.3 is 16.0 Å². The van der Waals surface area contributed by atoms with Crippen LogP contribution in [0.2, 0.25) is 0 Å². The molecule has 1 aliphatic rings. The normalized spacial score (nSPS) is 20.0. The molecular weight excluding hydrogens is 264 g/mol. The van der Waals surface area contributed by atoms with Gasteiger partial charge in [0.05, 0.1) is 0 Å². The van der Waals surface area contributed by atoms with Crippen LogP contribution in [-0.2, 0) is 4.79 Å². The standard InChI is InChI=1S/C16H26N4O/c1-13(20-10-8-19(2)9-11-20)12-18-16(21)15(17)14-6-4-3-5-7-14/h3-7,13,15H,8-12,17H2,1-2H3,(H,18,21). The van der Waals surface area contributed by atoms with Crippen LogP contribution >= 0.6 is 0 Å². The van der Waals surface area contributed by atoms with E-state index < -0.39 is 6.04 Å². The van der Waals surface area contributed by atoms with Crippen molar-refractivity contribution in [3.63, 3.8) is 0 Å². The van der Waals surface area contributed by atoms with Crippen molar-refractivity contribution in [1.29, 1.82) is 0 Å². The summed E-state index contributed by atoms with van der Waals surface area (Å²) in [5, 5.41) is 2.97. The predicted molar refractivity (Wildman–Crippen MR) is 84.9 cm³/mol. The third-order valence-electron chi connectivity index (χ3n) is 4.17. The Morgan fingerprint density at radius 1 is 1.24 bits per heavy atom. The number of piperazine rings is 1. The summed E-state index contributed by atoms with van der Waals surface area (Å²) in [4.78, 5) is 16.9. The molecule has 21 heavy (non-hydrogen) atoms. The summed E-state index contributed by atoms with van der Waals surface area (Å²) in [6.45, 7) is 7.07. The van der Waals surface area contributed by atoms with E-state index in [2.05, 4.69) is 29.1 Å². The summed E-state index contributed by atoms with van der Waals surface area (Å²) < 4.78 is 0. The lowest BCUT2D eigenvalue weighted by molar-refractivity contribution is -0.122. The van der Waals surface area contributed by atoms with E-state index in [-0.39, 0.29) is 5.91 Å². The first-order valence-corrected chi connectivity index (χ1v) is 7.58. The van der Waals surface area contributed by atoms with Crippen LogP contribution in [-0.4, -0.2) is 61.5 Å². The molecule has 5 heteroatoms. The van der Waals surface area contributed by atoms with E-state index in [9.17, 15) is 4.79 Å². The number of carbonyl (C=O) groups is 1. The number of nitrogens with two attached hydrogens (primary N) is 1. The Hall–Kier alpha value is -1.43. The van der Waals surface area contributed by atoms with E-state index >= 15 is 0 Å². The highest BCUT2D eigenvalue weighted by molar-refractivity contribution is 5.82. The lowest BCUT2D eigenvalue weighted by Gasteiger charge is -2.36. The molecule has 1 heterocycles. The Kier molecular flexibility index (Phi) is 5.73. The summed E-state index contributed by atoms with van der Waals surface area (Å²) in [5.41, 5.74) is 6.84. The maximum atomic E-state index is 12.1. The Labute approximate surface area is 127 Å². The molecular formula is C16H26N4O. The first-order chi connectivity index (χ1) is 10.1. The van der Waals surface area contributed by atoms with Gasteiger partial charge in [0, 0.05) is 38.8 Å². The van der Waals surface area contributed by atoms with Crippen molar-refractivity contribution >= 4 is 5.91 Å². The fraction of sp³-hybridized carbons (Fsp3) is 0.562. The van der Waals surface area contributed by atoms with Gasteiger partial charge in [-0.2, -0.15) is 0 Å². The highest BCUT2D eigenvalue weighted by Crippen LogP contribution is 2.10. The van der Waals surface area contributed by atoms with Crippen LogP contribution in [0.25, 0.3) is 0 Å². The molecule has 0 bridgehead atoms. The molecule has 1 aliphatic heterocycles. The van der Waals surface area contributed by atoms with E-state index in [0.29, 0.717) is 12.6 Å². The number of amides is 1. The number of nitrogens with one attached hydrogen (secondary N) is 1. The molecule has 2 unspecified atom stereocenters. The average molecular weight is 290 g/mol. The maximum absolute atomic E-state index is 12.1. The van der Waals surface area contributed by atoms with Gasteiger partial charge in [-0.3, -0.25) is 9.69 Å². The number of hydrogen-bond acceptors (Lipinski definition) is 4. The van der Waals surface area contributed by atoms with Crippen molar-refractivity contribution in [1.82, 2.24) is 15.1 Å². The van der Waals surface area contributed by atoms with Crippen LogP contribution in [0.4, 0.5) is 0 Å². The molecule has 1 saturated heterocycles. The smallest absolute Gasteiger partial charge is 0.241 e. The molecule has 0 aliphatic carbocycles. The minimum atomic E-state index is -0.592. The molecule has 0 radical (unpaired) electrons. The second kappa shape index (κ2) is 7.54. The molecule has 5 nitrogen and oxygen atoms in total. The van der Waals surface area contributed by atoms with Crippen LogP contribution in [0, 0.1) is 0 Å². The number of carbonyl (C=O) groups excluding carboxylic acids is 1. The van der Waals surface area contributed by atoms with Gasteiger partial charge in [-0.15, -0.1) is 0 Å². The highest BCUT2D eigenvalue weighted by Gasteiger charge is 2.21. The predicted octanol–water partition coefficient (Wildman–Crippen LogP) is 0.439. The SMILES string of the molecule is CC(CNC(=O)C(N)c1ccccc1)N1CCN(C)CC1. The summed E-state index contributed by atoms with van der Waals surface area (Å²) in [7, 11) is 2.14. The number of nitrogens with zero attached hydrogens (tertiary/aromatic N) is 2. The van der Waals surface area contributed by atoms with Crippen LogP contribution in [0.5, 0.6) is 0 Å². The first-order valence-electron chi connectivity index (χ1n) is 7.58. The molecule has 0 saturated carbocycles. The van der Waals surface area contributed by atoms with E-state index in [1.54, 1.807) is 0 Å². The fourth-order valence-corrected chi connectivity index (χ4v) is 2.56. The van der Waals surface area contributed by atoms with Gasteiger partial charge in [0.25, 0.3) is 0 Å². The number of benzene rings is 1. The molecule has 2 rings (SSSR count). The summed E-state index contributed by atoms with van der Waals surface area (Å²) in [5.74, 6) is -0.109. The minimum Gasteiger partial charge on any atom is -0.353 e. The summed E-state index contributed by atoms with van der Waals surface area (Å²) in [6.07, 6.45) is 0. The van der Waals surface area contributed by atoms with Crippen LogP contribution < -0.4 is 11.1 Å². The molecule has 3 N–H and O–H groups in total. The minimum absolute atomic E-state index is 0.109. The topological polar surface area (TPSA) is 61.6 Å². The largest absolute Gasteiger partial charge is 0.353 e. The molecule has 0 spiro atoms. The van der Waals surface area contributed by atoms with Crippen molar-refractivity contribution in [2.24, 2.45) is 5.73 Å². The second-order valence-corrected chi connectivity index (χ2v) is 5.82. The molecule has 1 aromatic rings. The van der Waals surface area contributed by atoms with Crippen molar-refractivity contribution < 1.29 is 4.79 Å². The van der Waals surface area contributed by atoms with Crippen LogP contribution in [0.1, 0.15) is 18.5 Å². The molecule has 1 fully saturated rings. The number of hydrogen-bond donors (Lipinski definition) is 2. The van der Waals surface area contributed by atoms with Gasteiger partial charge in [-0.05, 0) is 19.5 Å². The third-order valence-corrected chi connectivity index (χ3v) is 4.17. The van der Waals surface area contributed by atoms with Crippen LogP contribution in [0.15, 0.2) is 30.3 Å². The van der Waals surface area contributed by atoms with Gasteiger partial charge in [-0.25, -0.2) is 0 Å². The van der Waals surface area contributed by atoms with Gasteiger partial charge >= 0.3 is 0 Å². The van der Waals surface area contributed by atoms with Gasteiger partial charge in [0.15, 0.2) is 0 Å². The zero-order valence-electron chi connectivity index (χ0n) is 13.0. The second-order valence-electron chi connectivity index (χ2n) is 5.82. The molecule has 1 aromatic carbocycles. The Bertz CT molecular complexity index is 443. The molecule has 116 valence electrons. The Balaban J connectivity index is 1.78. The van der Waals surface area contributed by atoms with Crippen molar-refractivity contribution in [2.75, 3.05) is 39.8 Å². The molecule has 1 amide bonds. The van der Waals surface area contributed by atoms with Gasteiger partial charge in [0.1, 0.15) is 6.04 Å². The molecule has 2 atom stereocenters. The zero-order chi connectivity index (χ0) is 15.2. The van der Waals surface area contributed by atoms with E-state index in [1.807, 2.05) is 30.3 Å². The fourth-order valence-electron chi connectivity index (χ4n) is 2.56. The first kappa shape index (κ1) is 15.9. The highest BCUT2D eigenvalue weighted by atomic mass is 16.2. The lowest BCUT2D eigenvalue weighted by atomic mass is 10.1. The summed E-state index contributed by atoms with van der Waals surface area (Å²) in [6, 6.07) is 9.23. The number of rotatable bonds is 5. The quantitative estimate of drug-likeness (QED) is 0.826. The Morgan fingerprint density at radius 3 is 2.48 bits per heavy atom. The zero-order valence-corrected chi connectivity index (χ0v) is 13.0. The van der Waals surface area contributed by atoms with E-state index in [4.69, 9.17) is 5.73 Å². The Morgan fingerprint density at radius 2 is 1.86 bits per heavy atom. The maximum Gasteiger partial charge on any atom is 0.241 e. The van der Waals surface area contributed by atoms with Crippen molar-refractivity contribution in [3.05, 3.63) is 35.9 Å². The van der Waals surface area contributed by atoms with Crippen LogP contribution in [0.3, 0.4) is 0 Å². The molecule has 0 aromatic heterocycles. The third kappa shape index (κ3) is 4.52.